The maximum Gasteiger partial charge on any atom is 0.278 e. The van der Waals surface area contributed by atoms with Gasteiger partial charge in [-0.3, -0.25) is 15.2 Å². The van der Waals surface area contributed by atoms with Gasteiger partial charge in [-0.25, -0.2) is 4.98 Å². The van der Waals surface area contributed by atoms with Gasteiger partial charge in [-0.1, -0.05) is 0 Å². The van der Waals surface area contributed by atoms with Gasteiger partial charge in [0.25, 0.3) is 5.91 Å². The van der Waals surface area contributed by atoms with Crippen LogP contribution in [0.1, 0.15) is 28.7 Å². The Labute approximate surface area is 154 Å². The smallest absolute Gasteiger partial charge is 0.278 e. The fourth-order valence-corrected chi connectivity index (χ4v) is 3.64. The molecule has 0 unspecified atom stereocenters. The lowest BCUT2D eigenvalue weighted by molar-refractivity contribution is 0.102. The molecule has 3 N–H and O–H groups in total. The molecule has 1 amide bonds. The first-order chi connectivity index (χ1) is 12.7. The van der Waals surface area contributed by atoms with Crippen LogP contribution in [-0.2, 0) is 13.0 Å². The Morgan fingerprint density at radius 2 is 2.19 bits per heavy atom. The summed E-state index contributed by atoms with van der Waals surface area (Å²) in [6.45, 7) is 4.15. The molecule has 7 nitrogen and oxygen atoms in total. The number of benzene rings is 1. The molecule has 2 aromatic heterocycles. The van der Waals surface area contributed by atoms with Crippen molar-refractivity contribution in [2.24, 2.45) is 0 Å². The minimum Gasteiger partial charge on any atom is -0.494 e. The third-order valence-electron chi connectivity index (χ3n) is 4.21. The van der Waals surface area contributed by atoms with Gasteiger partial charge in [-0.05, 0) is 31.2 Å². The van der Waals surface area contributed by atoms with Crippen LogP contribution in [0.3, 0.4) is 0 Å². The van der Waals surface area contributed by atoms with Gasteiger partial charge in [0, 0.05) is 41.7 Å². The van der Waals surface area contributed by atoms with Crippen LogP contribution < -0.4 is 15.4 Å². The average Bonchev–Trinajstić information content (AvgIpc) is 3.29. The molecule has 0 saturated heterocycles. The molecular formula is C18H19N5O2S. The number of aromatic nitrogens is 3. The summed E-state index contributed by atoms with van der Waals surface area (Å²) in [4.78, 5) is 17.0. The zero-order valence-corrected chi connectivity index (χ0v) is 15.2. The number of thiazole rings is 1. The Balaban J connectivity index is 1.48. The van der Waals surface area contributed by atoms with Gasteiger partial charge in [0.1, 0.15) is 5.75 Å². The predicted octanol–water partition coefficient (Wildman–Crippen LogP) is 2.83. The molecule has 1 aliphatic rings. The predicted molar refractivity (Wildman–Crippen MR) is 101 cm³/mol. The van der Waals surface area contributed by atoms with E-state index in [0.717, 1.165) is 41.2 Å². The normalized spacial score (nSPS) is 13.3. The number of nitrogens with one attached hydrogen (secondary N) is 3. The van der Waals surface area contributed by atoms with E-state index in [4.69, 9.17) is 4.74 Å². The number of fused-ring (bicyclic) bond motifs is 1. The third-order valence-corrected chi connectivity index (χ3v) is 4.96. The fourth-order valence-electron chi connectivity index (χ4n) is 2.92. The standard InChI is InChI=1S/C18H19N5O2S/c1-2-25-12-5-3-11(4-6-12)15-10-26-18(20-15)21-17(24)16-13-9-19-8-7-14(13)22-23-16/h3-6,10,19H,2,7-9H2,1H3,(H,22,23)(H,20,21,24). The summed E-state index contributed by atoms with van der Waals surface area (Å²) >= 11 is 1.39. The molecule has 134 valence electrons. The Hall–Kier alpha value is -2.71. The highest BCUT2D eigenvalue weighted by Crippen LogP contribution is 2.27. The van der Waals surface area contributed by atoms with Crippen molar-refractivity contribution in [2.45, 2.75) is 19.9 Å². The Bertz CT molecular complexity index is 916. The van der Waals surface area contributed by atoms with E-state index < -0.39 is 0 Å². The molecule has 0 radical (unpaired) electrons. The Kier molecular flexibility index (Phi) is 4.68. The number of nitrogens with zero attached hydrogens (tertiary/aromatic N) is 2. The second kappa shape index (κ2) is 7.27. The molecule has 26 heavy (non-hydrogen) atoms. The van der Waals surface area contributed by atoms with Gasteiger partial charge in [0.2, 0.25) is 0 Å². The first-order valence-corrected chi connectivity index (χ1v) is 9.39. The number of ether oxygens (including phenoxy) is 1. The molecule has 4 rings (SSSR count). The lowest BCUT2D eigenvalue weighted by Crippen LogP contribution is -2.25. The van der Waals surface area contributed by atoms with Crippen molar-refractivity contribution in [1.29, 1.82) is 0 Å². The molecule has 1 aromatic carbocycles. The number of hydrogen-bond acceptors (Lipinski definition) is 6. The monoisotopic (exact) mass is 369 g/mol. The zero-order valence-electron chi connectivity index (χ0n) is 14.3. The van der Waals surface area contributed by atoms with Crippen LogP contribution in [0, 0.1) is 0 Å². The quantitative estimate of drug-likeness (QED) is 0.643. The SMILES string of the molecule is CCOc1ccc(-c2csc(NC(=O)c3n[nH]c4c3CNCC4)n2)cc1. The van der Waals surface area contributed by atoms with Crippen LogP contribution in [0.25, 0.3) is 11.3 Å². The van der Waals surface area contributed by atoms with Gasteiger partial charge in [0.05, 0.1) is 12.3 Å². The van der Waals surface area contributed by atoms with Crippen LogP contribution in [0.15, 0.2) is 29.6 Å². The number of aromatic amines is 1. The molecule has 0 atom stereocenters. The summed E-state index contributed by atoms with van der Waals surface area (Å²) in [6.07, 6.45) is 0.856. The van der Waals surface area contributed by atoms with Crippen molar-refractivity contribution >= 4 is 22.4 Å². The number of carbonyl (C=O) groups excluding carboxylic acids is 1. The second-order valence-electron chi connectivity index (χ2n) is 5.91. The van der Waals surface area contributed by atoms with E-state index in [1.165, 1.54) is 11.3 Å². The molecule has 0 aliphatic carbocycles. The number of amides is 1. The highest BCUT2D eigenvalue weighted by Gasteiger charge is 2.22. The summed E-state index contributed by atoms with van der Waals surface area (Å²) < 4.78 is 5.45. The van der Waals surface area contributed by atoms with Crippen molar-refractivity contribution in [3.05, 3.63) is 46.6 Å². The molecule has 3 heterocycles. The topological polar surface area (TPSA) is 91.9 Å². The Morgan fingerprint density at radius 1 is 1.35 bits per heavy atom. The van der Waals surface area contributed by atoms with Crippen LogP contribution in [0.4, 0.5) is 5.13 Å². The molecular weight excluding hydrogens is 350 g/mol. The van der Waals surface area contributed by atoms with Crippen LogP contribution in [-0.4, -0.2) is 34.2 Å². The number of carbonyl (C=O) groups is 1. The number of anilines is 1. The van der Waals surface area contributed by atoms with E-state index in [1.54, 1.807) is 0 Å². The van der Waals surface area contributed by atoms with E-state index in [-0.39, 0.29) is 5.91 Å². The maximum atomic E-state index is 12.5. The maximum absolute atomic E-state index is 12.5. The van der Waals surface area contributed by atoms with E-state index >= 15 is 0 Å². The fraction of sp³-hybridized carbons (Fsp3) is 0.278. The van der Waals surface area contributed by atoms with Gasteiger partial charge in [0.15, 0.2) is 10.8 Å². The molecule has 1 aliphatic heterocycles. The molecule has 0 saturated carbocycles. The first kappa shape index (κ1) is 16.7. The summed E-state index contributed by atoms with van der Waals surface area (Å²) in [6, 6.07) is 7.75. The van der Waals surface area contributed by atoms with Crippen molar-refractivity contribution in [2.75, 3.05) is 18.5 Å². The highest BCUT2D eigenvalue weighted by atomic mass is 32.1. The Morgan fingerprint density at radius 3 is 3.00 bits per heavy atom. The minimum atomic E-state index is -0.237. The number of H-pyrrole nitrogens is 1. The van der Waals surface area contributed by atoms with Crippen molar-refractivity contribution in [1.82, 2.24) is 20.5 Å². The molecule has 0 spiro atoms. The zero-order chi connectivity index (χ0) is 17.9. The van der Waals surface area contributed by atoms with Crippen LogP contribution in [0.2, 0.25) is 0 Å². The average molecular weight is 369 g/mol. The summed E-state index contributed by atoms with van der Waals surface area (Å²) in [5.41, 5.74) is 4.20. The number of hydrogen-bond donors (Lipinski definition) is 3. The van der Waals surface area contributed by atoms with Crippen molar-refractivity contribution in [3.63, 3.8) is 0 Å². The van der Waals surface area contributed by atoms with Crippen LogP contribution in [0.5, 0.6) is 5.75 Å². The van der Waals surface area contributed by atoms with Gasteiger partial charge >= 0.3 is 0 Å². The van der Waals surface area contributed by atoms with Crippen LogP contribution >= 0.6 is 11.3 Å². The van der Waals surface area contributed by atoms with Gasteiger partial charge in [-0.2, -0.15) is 5.10 Å². The lowest BCUT2D eigenvalue weighted by atomic mass is 10.1. The molecule has 0 fully saturated rings. The minimum absolute atomic E-state index is 0.237. The molecule has 0 bridgehead atoms. The highest BCUT2D eigenvalue weighted by molar-refractivity contribution is 7.14. The second-order valence-corrected chi connectivity index (χ2v) is 6.76. The largest absolute Gasteiger partial charge is 0.494 e. The van der Waals surface area contributed by atoms with E-state index in [1.807, 2.05) is 36.6 Å². The first-order valence-electron chi connectivity index (χ1n) is 8.51. The molecule has 8 heteroatoms. The molecule has 3 aromatic rings. The summed E-state index contributed by atoms with van der Waals surface area (Å²) in [5, 5.41) is 15.7. The summed E-state index contributed by atoms with van der Waals surface area (Å²) in [7, 11) is 0. The van der Waals surface area contributed by atoms with E-state index in [2.05, 4.69) is 25.8 Å². The van der Waals surface area contributed by atoms with E-state index in [0.29, 0.717) is 24.0 Å². The third kappa shape index (κ3) is 3.33. The van der Waals surface area contributed by atoms with Gasteiger partial charge in [-0.15, -0.1) is 11.3 Å². The van der Waals surface area contributed by atoms with E-state index in [9.17, 15) is 4.79 Å². The summed E-state index contributed by atoms with van der Waals surface area (Å²) in [5.74, 6) is 0.593. The number of rotatable bonds is 5. The lowest BCUT2D eigenvalue weighted by Gasteiger charge is -2.12. The van der Waals surface area contributed by atoms with Crippen molar-refractivity contribution < 1.29 is 9.53 Å². The van der Waals surface area contributed by atoms with Crippen molar-refractivity contribution in [3.8, 4) is 17.0 Å². The van der Waals surface area contributed by atoms with Gasteiger partial charge < -0.3 is 10.1 Å².